The number of allylic oxidation sites excluding steroid dienone is 4. The van der Waals surface area contributed by atoms with Crippen molar-refractivity contribution in [2.24, 2.45) is 5.41 Å². The van der Waals surface area contributed by atoms with Crippen molar-refractivity contribution in [3.05, 3.63) is 58.7 Å². The van der Waals surface area contributed by atoms with Crippen LogP contribution in [0.5, 0.6) is 0 Å². The van der Waals surface area contributed by atoms with E-state index in [-0.39, 0.29) is 23.0 Å². The Balaban J connectivity index is 2.11. The zero-order chi connectivity index (χ0) is 11.9. The molecule has 1 spiro atoms. The predicted octanol–water partition coefficient (Wildman–Crippen LogP) is 3.55. The van der Waals surface area contributed by atoms with Crippen molar-refractivity contribution in [2.45, 2.75) is 11.8 Å². The Labute approximate surface area is 94.3 Å². The lowest BCUT2D eigenvalue weighted by Crippen LogP contribution is -2.35. The van der Waals surface area contributed by atoms with Gasteiger partial charge in [-0.25, -0.2) is 17.6 Å². The van der Waals surface area contributed by atoms with E-state index in [1.807, 2.05) is 12.2 Å². The van der Waals surface area contributed by atoms with Crippen LogP contribution in [0, 0.1) is 28.7 Å². The van der Waals surface area contributed by atoms with Gasteiger partial charge in [0, 0.05) is 28.4 Å². The van der Waals surface area contributed by atoms with E-state index in [4.69, 9.17) is 0 Å². The van der Waals surface area contributed by atoms with E-state index in [0.717, 1.165) is 0 Å². The fraction of sp³-hybridized carbons (Fsp3) is 0.231. The number of rotatable bonds is 0. The van der Waals surface area contributed by atoms with Gasteiger partial charge in [-0.05, 0) is 0 Å². The van der Waals surface area contributed by atoms with Gasteiger partial charge in [-0.2, -0.15) is 0 Å². The second-order valence-electron chi connectivity index (χ2n) is 4.76. The largest absolute Gasteiger partial charge is 0.203 e. The molecular weight excluding hydrogens is 232 g/mol. The van der Waals surface area contributed by atoms with Crippen LogP contribution in [0.15, 0.2) is 24.3 Å². The van der Waals surface area contributed by atoms with Gasteiger partial charge in [-0.3, -0.25) is 0 Å². The Bertz CT molecular complexity index is 572. The molecule has 2 atom stereocenters. The summed E-state index contributed by atoms with van der Waals surface area (Å²) in [5, 5.41) is 0. The molecule has 0 nitrogen and oxygen atoms in total. The summed E-state index contributed by atoms with van der Waals surface area (Å²) in [4.78, 5) is 0. The first-order chi connectivity index (χ1) is 8.08. The summed E-state index contributed by atoms with van der Waals surface area (Å²) in [6.07, 6.45) is 7.11. The van der Waals surface area contributed by atoms with Gasteiger partial charge < -0.3 is 0 Å². The predicted molar refractivity (Wildman–Crippen MR) is 52.5 cm³/mol. The molecule has 17 heavy (non-hydrogen) atoms. The van der Waals surface area contributed by atoms with E-state index in [1.165, 1.54) is 0 Å². The van der Waals surface area contributed by atoms with Gasteiger partial charge in [-0.1, -0.05) is 24.3 Å². The molecule has 0 fully saturated rings. The second kappa shape index (κ2) is 2.47. The first-order valence-electron chi connectivity index (χ1n) is 5.32. The summed E-state index contributed by atoms with van der Waals surface area (Å²) >= 11 is 0. The summed E-state index contributed by atoms with van der Waals surface area (Å²) in [5.41, 5.74) is -0.456. The lowest BCUT2D eigenvalue weighted by Gasteiger charge is -2.45. The van der Waals surface area contributed by atoms with Crippen molar-refractivity contribution < 1.29 is 17.6 Å². The minimum absolute atomic E-state index is 0.0149. The first kappa shape index (κ1) is 9.45. The molecule has 0 N–H and O–H groups in total. The fourth-order valence-electron chi connectivity index (χ4n) is 3.25. The molecule has 0 heterocycles. The van der Waals surface area contributed by atoms with Crippen LogP contribution < -0.4 is 0 Å². The quantitative estimate of drug-likeness (QED) is 0.280. The van der Waals surface area contributed by atoms with Crippen molar-refractivity contribution in [2.75, 3.05) is 0 Å². The molecule has 86 valence electrons. The molecular formula is C13H6F4. The van der Waals surface area contributed by atoms with Gasteiger partial charge in [0.1, 0.15) is 0 Å². The molecule has 1 aromatic rings. The van der Waals surface area contributed by atoms with E-state index in [9.17, 15) is 17.6 Å². The van der Waals surface area contributed by atoms with Crippen LogP contribution in [-0.2, 0) is 0 Å². The zero-order valence-corrected chi connectivity index (χ0v) is 8.48. The van der Waals surface area contributed by atoms with Gasteiger partial charge in [0.05, 0.1) is 0 Å². The average Bonchev–Trinajstić information content (AvgIpc) is 2.36. The number of hydrogen-bond acceptors (Lipinski definition) is 0. The van der Waals surface area contributed by atoms with Gasteiger partial charge in [-0.15, -0.1) is 0 Å². The molecule has 0 radical (unpaired) electrons. The number of fused-ring (bicyclic) bond motifs is 3. The number of halogens is 4. The molecule has 3 aliphatic rings. The van der Waals surface area contributed by atoms with Crippen molar-refractivity contribution in [1.82, 2.24) is 0 Å². The van der Waals surface area contributed by atoms with Gasteiger partial charge in [0.2, 0.25) is 0 Å². The van der Waals surface area contributed by atoms with Crippen LogP contribution in [0.25, 0.3) is 0 Å². The van der Waals surface area contributed by atoms with Crippen LogP contribution in [0.3, 0.4) is 0 Å². The molecule has 2 unspecified atom stereocenters. The highest BCUT2D eigenvalue weighted by atomic mass is 19.2. The number of benzene rings is 1. The van der Waals surface area contributed by atoms with Crippen LogP contribution in [0.1, 0.15) is 23.0 Å². The third-order valence-corrected chi connectivity index (χ3v) is 4.20. The monoisotopic (exact) mass is 238 g/mol. The van der Waals surface area contributed by atoms with Gasteiger partial charge in [0.15, 0.2) is 23.3 Å². The molecule has 0 amide bonds. The highest BCUT2D eigenvalue weighted by Gasteiger charge is 2.59. The molecule has 0 saturated carbocycles. The molecule has 3 aliphatic carbocycles. The Morgan fingerprint density at radius 1 is 0.706 bits per heavy atom. The minimum Gasteiger partial charge on any atom is -0.203 e. The summed E-state index contributed by atoms with van der Waals surface area (Å²) in [6.45, 7) is 0. The molecule has 0 aromatic heterocycles. The minimum atomic E-state index is -1.71. The van der Waals surface area contributed by atoms with Crippen molar-refractivity contribution in [3.63, 3.8) is 0 Å². The van der Waals surface area contributed by atoms with Gasteiger partial charge in [0.25, 0.3) is 0 Å². The standard InChI is InChI=1S/C13H6F4/c14-9-7-5-1-3-13(5)4-2-6(13)8(7)10(15)12(17)11(9)16/h1-6H. The van der Waals surface area contributed by atoms with E-state index in [1.54, 1.807) is 12.2 Å². The Morgan fingerprint density at radius 2 is 1.12 bits per heavy atom. The van der Waals surface area contributed by atoms with Gasteiger partial charge >= 0.3 is 0 Å². The smallest absolute Gasteiger partial charge is 0.197 e. The maximum absolute atomic E-state index is 13.7. The SMILES string of the molecule is Fc1c(F)c(F)c2c(c1F)C1C=CC13C=CC23. The Kier molecular flexibility index (Phi) is 1.37. The second-order valence-corrected chi connectivity index (χ2v) is 4.76. The third kappa shape index (κ3) is 0.751. The molecule has 0 aliphatic heterocycles. The molecule has 1 aromatic carbocycles. The zero-order valence-electron chi connectivity index (χ0n) is 8.48. The summed E-state index contributed by atoms with van der Waals surface area (Å²) < 4.78 is 53.9. The third-order valence-electron chi connectivity index (χ3n) is 4.20. The fourth-order valence-corrected chi connectivity index (χ4v) is 3.25. The normalized spacial score (nSPS) is 34.8. The topological polar surface area (TPSA) is 0 Å². The highest BCUT2D eigenvalue weighted by Crippen LogP contribution is 2.68. The van der Waals surface area contributed by atoms with E-state index < -0.39 is 28.7 Å². The van der Waals surface area contributed by atoms with Crippen LogP contribution >= 0.6 is 0 Å². The molecule has 0 saturated heterocycles. The Hall–Kier alpha value is -1.58. The summed E-state index contributed by atoms with van der Waals surface area (Å²) in [5.74, 6) is -6.61. The van der Waals surface area contributed by atoms with Crippen LogP contribution in [0.4, 0.5) is 17.6 Å². The molecule has 4 rings (SSSR count). The van der Waals surface area contributed by atoms with E-state index >= 15 is 0 Å². The molecule has 4 heteroatoms. The summed E-state index contributed by atoms with van der Waals surface area (Å²) in [6, 6.07) is 0. The summed E-state index contributed by atoms with van der Waals surface area (Å²) in [7, 11) is 0. The highest BCUT2D eigenvalue weighted by molar-refractivity contribution is 5.62. The van der Waals surface area contributed by atoms with Crippen molar-refractivity contribution in [3.8, 4) is 0 Å². The van der Waals surface area contributed by atoms with Crippen molar-refractivity contribution >= 4 is 0 Å². The lowest BCUT2D eigenvalue weighted by atomic mass is 9.57. The van der Waals surface area contributed by atoms with Crippen molar-refractivity contribution in [1.29, 1.82) is 0 Å². The van der Waals surface area contributed by atoms with Crippen LogP contribution in [-0.4, -0.2) is 0 Å². The average molecular weight is 238 g/mol. The first-order valence-corrected chi connectivity index (χ1v) is 5.32. The maximum Gasteiger partial charge on any atom is 0.197 e. The molecule has 0 bridgehead atoms. The van der Waals surface area contributed by atoms with E-state index in [0.29, 0.717) is 0 Å². The van der Waals surface area contributed by atoms with Crippen LogP contribution in [0.2, 0.25) is 0 Å². The number of hydrogen-bond donors (Lipinski definition) is 0. The maximum atomic E-state index is 13.7. The van der Waals surface area contributed by atoms with E-state index in [2.05, 4.69) is 0 Å². The Morgan fingerprint density at radius 3 is 1.41 bits per heavy atom. The lowest BCUT2D eigenvalue weighted by molar-refractivity contribution is 0.345.